The molecule has 0 aliphatic heterocycles. The fourth-order valence-electron chi connectivity index (χ4n) is 1.51. The Bertz CT molecular complexity index is 523. The van der Waals surface area contributed by atoms with E-state index in [1.165, 1.54) is 0 Å². The summed E-state index contributed by atoms with van der Waals surface area (Å²) in [5.74, 6) is 0. The van der Waals surface area contributed by atoms with E-state index in [1.807, 2.05) is 22.8 Å². The van der Waals surface area contributed by atoms with Gasteiger partial charge in [0.05, 0.1) is 11.0 Å². The Hall–Kier alpha value is -1.87. The van der Waals surface area contributed by atoms with E-state index >= 15 is 0 Å². The van der Waals surface area contributed by atoms with Crippen molar-refractivity contribution in [2.24, 2.45) is 5.73 Å². The highest BCUT2D eigenvalue weighted by Gasteiger charge is 2.03. The molecule has 1 aromatic heterocycles. The highest BCUT2D eigenvalue weighted by molar-refractivity contribution is 5.80. The molecule has 0 spiro atoms. The first-order chi connectivity index (χ1) is 7.26. The number of benzene rings is 1. The number of allylic oxidation sites excluding steroid dienone is 2. The van der Waals surface area contributed by atoms with E-state index in [2.05, 4.69) is 18.1 Å². The van der Waals surface area contributed by atoms with Crippen molar-refractivity contribution in [2.45, 2.75) is 6.54 Å². The number of hydrogen-bond donors (Lipinski definition) is 1. The third kappa shape index (κ3) is 1.57. The van der Waals surface area contributed by atoms with Crippen LogP contribution >= 0.6 is 0 Å². The molecule has 15 heavy (non-hydrogen) atoms. The number of aromatic nitrogens is 2. The van der Waals surface area contributed by atoms with Crippen molar-refractivity contribution in [1.82, 2.24) is 9.55 Å². The molecule has 76 valence electrons. The van der Waals surface area contributed by atoms with E-state index in [-0.39, 0.29) is 0 Å². The van der Waals surface area contributed by atoms with Crippen molar-refractivity contribution < 1.29 is 0 Å². The molecule has 3 heteroatoms. The summed E-state index contributed by atoms with van der Waals surface area (Å²) in [4.78, 5) is 4.30. The van der Waals surface area contributed by atoms with Crippen molar-refractivity contribution in [3.05, 3.63) is 49.3 Å². The molecule has 0 aliphatic rings. The first kappa shape index (κ1) is 9.68. The Kier molecular flexibility index (Phi) is 2.39. The number of nitrogens with zero attached hydrogens (tertiary/aromatic N) is 2. The van der Waals surface area contributed by atoms with Crippen molar-refractivity contribution in [3.8, 4) is 0 Å². The molecule has 0 saturated heterocycles. The standard InChI is InChI=1S/C12H13N3/c1-3-9(2)15-8-14-11-6-10(7-13)4-5-12(11)15/h3-6,8H,1-2,7,13H2. The van der Waals surface area contributed by atoms with E-state index in [1.54, 1.807) is 12.4 Å². The summed E-state index contributed by atoms with van der Waals surface area (Å²) < 4.78 is 1.91. The second-order valence-electron chi connectivity index (χ2n) is 3.34. The second-order valence-corrected chi connectivity index (χ2v) is 3.34. The lowest BCUT2D eigenvalue weighted by Gasteiger charge is -2.02. The normalized spacial score (nSPS) is 10.5. The zero-order chi connectivity index (χ0) is 10.8. The molecule has 1 aromatic carbocycles. The van der Waals surface area contributed by atoms with Crippen molar-refractivity contribution in [1.29, 1.82) is 0 Å². The van der Waals surface area contributed by atoms with E-state index in [0.29, 0.717) is 6.54 Å². The predicted octanol–water partition coefficient (Wildman–Crippen LogP) is 2.15. The van der Waals surface area contributed by atoms with Crippen LogP contribution in [0.3, 0.4) is 0 Å². The molecular formula is C12H13N3. The van der Waals surface area contributed by atoms with Crippen LogP contribution in [0.25, 0.3) is 16.7 Å². The maximum atomic E-state index is 5.57. The van der Waals surface area contributed by atoms with Gasteiger partial charge in [0.2, 0.25) is 0 Å². The van der Waals surface area contributed by atoms with E-state index in [0.717, 1.165) is 22.3 Å². The first-order valence-electron chi connectivity index (χ1n) is 4.74. The van der Waals surface area contributed by atoms with Crippen LogP contribution < -0.4 is 5.73 Å². The summed E-state index contributed by atoms with van der Waals surface area (Å²) in [5.41, 5.74) is 9.42. The van der Waals surface area contributed by atoms with Crippen LogP contribution in [0.4, 0.5) is 0 Å². The summed E-state index contributed by atoms with van der Waals surface area (Å²) in [6.07, 6.45) is 3.45. The fraction of sp³-hybridized carbons (Fsp3) is 0.0833. The number of nitrogens with two attached hydrogens (primary N) is 1. The smallest absolute Gasteiger partial charge is 0.100 e. The molecular weight excluding hydrogens is 186 g/mol. The highest BCUT2D eigenvalue weighted by Crippen LogP contribution is 2.18. The van der Waals surface area contributed by atoms with Gasteiger partial charge in [0.25, 0.3) is 0 Å². The molecule has 0 bridgehead atoms. The van der Waals surface area contributed by atoms with Crippen molar-refractivity contribution in [3.63, 3.8) is 0 Å². The molecule has 0 amide bonds. The van der Waals surface area contributed by atoms with Crippen LogP contribution in [0.5, 0.6) is 0 Å². The Morgan fingerprint density at radius 2 is 2.33 bits per heavy atom. The third-order valence-electron chi connectivity index (χ3n) is 2.39. The number of hydrogen-bond acceptors (Lipinski definition) is 2. The maximum Gasteiger partial charge on any atom is 0.100 e. The minimum Gasteiger partial charge on any atom is -0.326 e. The van der Waals surface area contributed by atoms with E-state index < -0.39 is 0 Å². The van der Waals surface area contributed by atoms with Crippen molar-refractivity contribution in [2.75, 3.05) is 0 Å². The Balaban J connectivity index is 2.61. The monoisotopic (exact) mass is 199 g/mol. The predicted molar refractivity (Wildman–Crippen MR) is 63.2 cm³/mol. The Morgan fingerprint density at radius 1 is 1.53 bits per heavy atom. The van der Waals surface area contributed by atoms with Crippen molar-refractivity contribution >= 4 is 16.7 Å². The van der Waals surface area contributed by atoms with E-state index in [4.69, 9.17) is 5.73 Å². The lowest BCUT2D eigenvalue weighted by Crippen LogP contribution is -1.96. The molecule has 2 aromatic rings. The van der Waals surface area contributed by atoms with Gasteiger partial charge >= 0.3 is 0 Å². The first-order valence-corrected chi connectivity index (χ1v) is 4.74. The summed E-state index contributed by atoms with van der Waals surface area (Å²) in [6.45, 7) is 8.11. The summed E-state index contributed by atoms with van der Waals surface area (Å²) >= 11 is 0. The zero-order valence-corrected chi connectivity index (χ0v) is 8.48. The minimum atomic E-state index is 0.533. The number of rotatable bonds is 3. The highest BCUT2D eigenvalue weighted by atomic mass is 15.0. The van der Waals surface area contributed by atoms with Crippen LogP contribution in [-0.4, -0.2) is 9.55 Å². The molecule has 2 N–H and O–H groups in total. The van der Waals surface area contributed by atoms with Crippen LogP contribution in [-0.2, 0) is 6.54 Å². The maximum absolute atomic E-state index is 5.57. The molecule has 0 fully saturated rings. The molecule has 2 rings (SSSR count). The van der Waals surface area contributed by atoms with Gasteiger partial charge in [0, 0.05) is 12.2 Å². The van der Waals surface area contributed by atoms with Gasteiger partial charge in [-0.05, 0) is 23.8 Å². The number of fused-ring (bicyclic) bond motifs is 1. The molecule has 0 atom stereocenters. The van der Waals surface area contributed by atoms with E-state index in [9.17, 15) is 0 Å². The second kappa shape index (κ2) is 3.71. The zero-order valence-electron chi connectivity index (χ0n) is 8.48. The Labute approximate surface area is 88.5 Å². The van der Waals surface area contributed by atoms with Gasteiger partial charge in [-0.3, -0.25) is 4.57 Å². The van der Waals surface area contributed by atoms with Gasteiger partial charge in [-0.2, -0.15) is 0 Å². The van der Waals surface area contributed by atoms with Crippen LogP contribution in [0.15, 0.2) is 43.8 Å². The topological polar surface area (TPSA) is 43.8 Å². The van der Waals surface area contributed by atoms with Gasteiger partial charge in [-0.25, -0.2) is 4.98 Å². The fourth-order valence-corrected chi connectivity index (χ4v) is 1.51. The number of imidazole rings is 1. The molecule has 0 aliphatic carbocycles. The van der Waals surface area contributed by atoms with Gasteiger partial charge in [-0.15, -0.1) is 0 Å². The average molecular weight is 199 g/mol. The largest absolute Gasteiger partial charge is 0.326 e. The SMILES string of the molecule is C=CC(=C)n1cnc2cc(CN)ccc21. The summed E-state index contributed by atoms with van der Waals surface area (Å²) in [6, 6.07) is 5.98. The Morgan fingerprint density at radius 3 is 3.00 bits per heavy atom. The summed E-state index contributed by atoms with van der Waals surface area (Å²) in [7, 11) is 0. The lowest BCUT2D eigenvalue weighted by molar-refractivity contribution is 1.07. The molecule has 0 saturated carbocycles. The van der Waals surface area contributed by atoms with Crippen LogP contribution in [0.1, 0.15) is 5.56 Å². The molecule has 0 radical (unpaired) electrons. The molecule has 3 nitrogen and oxygen atoms in total. The van der Waals surface area contributed by atoms with Gasteiger partial charge in [-0.1, -0.05) is 19.2 Å². The van der Waals surface area contributed by atoms with Crippen LogP contribution in [0, 0.1) is 0 Å². The van der Waals surface area contributed by atoms with Gasteiger partial charge in [0.15, 0.2) is 0 Å². The lowest BCUT2D eigenvalue weighted by atomic mass is 10.2. The van der Waals surface area contributed by atoms with Gasteiger partial charge in [0.1, 0.15) is 6.33 Å². The van der Waals surface area contributed by atoms with Gasteiger partial charge < -0.3 is 5.73 Å². The quantitative estimate of drug-likeness (QED) is 0.770. The molecule has 0 unspecified atom stereocenters. The molecule has 1 heterocycles. The minimum absolute atomic E-state index is 0.533. The summed E-state index contributed by atoms with van der Waals surface area (Å²) in [5, 5.41) is 0. The average Bonchev–Trinajstić information content (AvgIpc) is 2.70. The third-order valence-corrected chi connectivity index (χ3v) is 2.39. The van der Waals surface area contributed by atoms with Crippen LogP contribution in [0.2, 0.25) is 0 Å².